The van der Waals surface area contributed by atoms with Gasteiger partial charge in [-0.1, -0.05) is 11.6 Å². The van der Waals surface area contributed by atoms with Gasteiger partial charge in [-0.3, -0.25) is 4.79 Å². The Labute approximate surface area is 129 Å². The van der Waals surface area contributed by atoms with Gasteiger partial charge in [-0.05, 0) is 47.7 Å². The van der Waals surface area contributed by atoms with E-state index in [1.54, 1.807) is 18.5 Å². The molecule has 0 aliphatic heterocycles. The topological polar surface area (TPSA) is 59.8 Å². The summed E-state index contributed by atoms with van der Waals surface area (Å²) < 4.78 is 2.79. The second-order valence-electron chi connectivity index (χ2n) is 3.84. The average Bonchev–Trinajstić information content (AvgIpc) is 2.86. The number of hydrogen-bond acceptors (Lipinski definition) is 3. The lowest BCUT2D eigenvalue weighted by Crippen LogP contribution is -2.24. The standard InChI is InChI=1S/C12H12ClIN4O/c1-2-18-7-16-17-11(18)6-15-12(19)8-3-4-10(14)9(13)5-8/h3-5,7H,2,6H2,1H3,(H,15,19). The molecule has 1 amide bonds. The quantitative estimate of drug-likeness (QED) is 0.816. The number of hydrogen-bond donors (Lipinski definition) is 1. The monoisotopic (exact) mass is 390 g/mol. The van der Waals surface area contributed by atoms with Crippen LogP contribution in [0.2, 0.25) is 5.02 Å². The van der Waals surface area contributed by atoms with Crippen LogP contribution < -0.4 is 5.32 Å². The molecule has 0 fully saturated rings. The molecule has 5 nitrogen and oxygen atoms in total. The van der Waals surface area contributed by atoms with Crippen molar-refractivity contribution in [3.05, 3.63) is 44.5 Å². The van der Waals surface area contributed by atoms with Crippen molar-refractivity contribution in [2.75, 3.05) is 0 Å². The normalized spacial score (nSPS) is 10.5. The van der Waals surface area contributed by atoms with Crippen LogP contribution in [0.15, 0.2) is 24.5 Å². The largest absolute Gasteiger partial charge is 0.345 e. The van der Waals surface area contributed by atoms with Gasteiger partial charge in [0.2, 0.25) is 0 Å². The molecule has 0 spiro atoms. The maximum Gasteiger partial charge on any atom is 0.251 e. The lowest BCUT2D eigenvalue weighted by atomic mass is 10.2. The van der Waals surface area contributed by atoms with Gasteiger partial charge in [0.15, 0.2) is 5.82 Å². The van der Waals surface area contributed by atoms with Gasteiger partial charge in [0.1, 0.15) is 6.33 Å². The Bertz CT molecular complexity index is 599. The van der Waals surface area contributed by atoms with Crippen LogP contribution in [0.5, 0.6) is 0 Å². The molecule has 0 saturated carbocycles. The van der Waals surface area contributed by atoms with Crippen LogP contribution in [0.3, 0.4) is 0 Å². The van der Waals surface area contributed by atoms with Crippen LogP contribution in [0.4, 0.5) is 0 Å². The summed E-state index contributed by atoms with van der Waals surface area (Å²) in [6.07, 6.45) is 1.64. The van der Waals surface area contributed by atoms with Gasteiger partial charge in [0, 0.05) is 15.7 Å². The molecule has 0 aliphatic carbocycles. The van der Waals surface area contributed by atoms with E-state index >= 15 is 0 Å². The van der Waals surface area contributed by atoms with Crippen LogP contribution in [0.25, 0.3) is 0 Å². The van der Waals surface area contributed by atoms with Crippen LogP contribution in [-0.4, -0.2) is 20.7 Å². The molecular weight excluding hydrogens is 379 g/mol. The molecule has 19 heavy (non-hydrogen) atoms. The van der Waals surface area contributed by atoms with Crippen molar-refractivity contribution in [2.24, 2.45) is 0 Å². The highest BCUT2D eigenvalue weighted by atomic mass is 127. The van der Waals surface area contributed by atoms with Crippen molar-refractivity contribution < 1.29 is 4.79 Å². The molecule has 1 aromatic heterocycles. The average molecular weight is 391 g/mol. The van der Waals surface area contributed by atoms with Gasteiger partial charge in [0.05, 0.1) is 11.6 Å². The molecular formula is C12H12ClIN4O. The lowest BCUT2D eigenvalue weighted by molar-refractivity contribution is 0.0949. The number of amides is 1. The fraction of sp³-hybridized carbons (Fsp3) is 0.250. The van der Waals surface area contributed by atoms with Crippen molar-refractivity contribution in [3.8, 4) is 0 Å². The smallest absolute Gasteiger partial charge is 0.251 e. The predicted octanol–water partition coefficient (Wildman–Crippen LogP) is 2.49. The summed E-state index contributed by atoms with van der Waals surface area (Å²) in [6, 6.07) is 5.21. The molecule has 7 heteroatoms. The predicted molar refractivity (Wildman–Crippen MR) is 81.0 cm³/mol. The zero-order valence-electron chi connectivity index (χ0n) is 10.2. The van der Waals surface area contributed by atoms with Crippen LogP contribution in [0, 0.1) is 3.57 Å². The molecule has 1 N–H and O–H groups in total. The second kappa shape index (κ2) is 6.33. The van der Waals surface area contributed by atoms with E-state index in [1.165, 1.54) is 0 Å². The summed E-state index contributed by atoms with van der Waals surface area (Å²) in [5.74, 6) is 0.552. The summed E-state index contributed by atoms with van der Waals surface area (Å²) in [6.45, 7) is 3.11. The minimum atomic E-state index is -0.177. The Morgan fingerprint density at radius 1 is 1.53 bits per heavy atom. The van der Waals surface area contributed by atoms with Crippen LogP contribution >= 0.6 is 34.2 Å². The van der Waals surface area contributed by atoms with Crippen molar-refractivity contribution in [1.82, 2.24) is 20.1 Å². The molecule has 0 radical (unpaired) electrons. The molecule has 1 aromatic carbocycles. The summed E-state index contributed by atoms with van der Waals surface area (Å²) in [5.41, 5.74) is 0.535. The molecule has 0 aliphatic rings. The minimum absolute atomic E-state index is 0.177. The van der Waals surface area contributed by atoms with Crippen LogP contribution in [0.1, 0.15) is 23.1 Å². The van der Waals surface area contributed by atoms with Crippen molar-refractivity contribution >= 4 is 40.1 Å². The maximum absolute atomic E-state index is 12.0. The first-order chi connectivity index (χ1) is 9.11. The lowest BCUT2D eigenvalue weighted by Gasteiger charge is -2.06. The Morgan fingerprint density at radius 2 is 2.32 bits per heavy atom. The number of rotatable bonds is 4. The molecule has 1 heterocycles. The third-order valence-corrected chi connectivity index (χ3v) is 4.20. The molecule has 2 rings (SSSR count). The zero-order chi connectivity index (χ0) is 13.8. The maximum atomic E-state index is 12.0. The van der Waals surface area contributed by atoms with Gasteiger partial charge in [0.25, 0.3) is 5.91 Å². The third-order valence-electron chi connectivity index (χ3n) is 2.63. The Morgan fingerprint density at radius 3 is 3.00 bits per heavy atom. The fourth-order valence-electron chi connectivity index (χ4n) is 1.58. The van der Waals surface area contributed by atoms with E-state index < -0.39 is 0 Å². The number of carbonyl (C=O) groups excluding carboxylic acids is 1. The minimum Gasteiger partial charge on any atom is -0.345 e. The third kappa shape index (κ3) is 3.44. The highest BCUT2D eigenvalue weighted by Gasteiger charge is 2.09. The summed E-state index contributed by atoms with van der Waals surface area (Å²) in [5, 5.41) is 11.1. The van der Waals surface area contributed by atoms with Crippen molar-refractivity contribution in [1.29, 1.82) is 0 Å². The van der Waals surface area contributed by atoms with E-state index in [0.717, 1.165) is 15.9 Å². The van der Waals surface area contributed by atoms with E-state index in [0.29, 0.717) is 17.1 Å². The van der Waals surface area contributed by atoms with Gasteiger partial charge in [-0.2, -0.15) is 0 Å². The molecule has 0 bridgehead atoms. The molecule has 0 unspecified atom stereocenters. The molecule has 0 atom stereocenters. The highest BCUT2D eigenvalue weighted by molar-refractivity contribution is 14.1. The first-order valence-corrected chi connectivity index (χ1v) is 7.17. The number of carbonyl (C=O) groups is 1. The molecule has 100 valence electrons. The highest BCUT2D eigenvalue weighted by Crippen LogP contribution is 2.19. The zero-order valence-corrected chi connectivity index (χ0v) is 13.1. The summed E-state index contributed by atoms with van der Waals surface area (Å²) in [4.78, 5) is 12.0. The van der Waals surface area contributed by atoms with Crippen molar-refractivity contribution in [3.63, 3.8) is 0 Å². The van der Waals surface area contributed by atoms with Crippen molar-refractivity contribution in [2.45, 2.75) is 20.0 Å². The Balaban J connectivity index is 2.03. The van der Waals surface area contributed by atoms with E-state index in [2.05, 4.69) is 38.1 Å². The summed E-state index contributed by atoms with van der Waals surface area (Å²) in [7, 11) is 0. The van der Waals surface area contributed by atoms with E-state index in [4.69, 9.17) is 11.6 Å². The summed E-state index contributed by atoms with van der Waals surface area (Å²) >= 11 is 8.11. The Kier molecular flexibility index (Phi) is 4.76. The number of nitrogens with zero attached hydrogens (tertiary/aromatic N) is 3. The first-order valence-electron chi connectivity index (χ1n) is 5.71. The SMILES string of the molecule is CCn1cnnc1CNC(=O)c1ccc(I)c(Cl)c1. The van der Waals surface area contributed by atoms with Gasteiger partial charge < -0.3 is 9.88 Å². The first kappa shape index (κ1) is 14.3. The van der Waals surface area contributed by atoms with Gasteiger partial charge in [-0.15, -0.1) is 10.2 Å². The fourth-order valence-corrected chi connectivity index (χ4v) is 2.09. The van der Waals surface area contributed by atoms with E-state index in [-0.39, 0.29) is 5.91 Å². The number of aromatic nitrogens is 3. The Hall–Kier alpha value is -1.15. The van der Waals surface area contributed by atoms with Gasteiger partial charge in [-0.25, -0.2) is 0 Å². The molecule has 2 aromatic rings. The van der Waals surface area contributed by atoms with E-state index in [9.17, 15) is 4.79 Å². The second-order valence-corrected chi connectivity index (χ2v) is 5.41. The number of nitrogens with one attached hydrogen (secondary N) is 1. The number of benzene rings is 1. The van der Waals surface area contributed by atoms with E-state index in [1.807, 2.05) is 17.6 Å². The number of aryl methyl sites for hydroxylation is 1. The molecule has 0 saturated heterocycles. The van der Waals surface area contributed by atoms with Crippen LogP contribution in [-0.2, 0) is 13.1 Å². The number of halogens is 2. The van der Waals surface area contributed by atoms with Gasteiger partial charge >= 0.3 is 0 Å².